The third-order valence-electron chi connectivity index (χ3n) is 3.86. The number of aliphatic imine (C=N–C) groups is 1. The normalized spacial score (nSPS) is 11.1. The third kappa shape index (κ3) is 5.99. The standard InChI is InChI=1S/C18H23N7S.HI/c1-4-19-18(21-10-16-24-12(2)13(3)26-16)20-9-14-6-5-7-15(8-14)17-22-11-23-25-17;/h5-8,11H,4,9-10H2,1-3H3,(H2,19,20,21)(H,22,23,25);1H. The second kappa shape index (κ2) is 10.4. The van der Waals surface area contributed by atoms with Gasteiger partial charge in [0.25, 0.3) is 0 Å². The maximum absolute atomic E-state index is 4.68. The highest BCUT2D eigenvalue weighted by Crippen LogP contribution is 2.17. The molecule has 0 aliphatic rings. The molecular formula is C18H24IN7S. The van der Waals surface area contributed by atoms with Crippen molar-refractivity contribution in [3.05, 3.63) is 51.7 Å². The molecule has 3 N–H and O–H groups in total. The first kappa shape index (κ1) is 21.3. The number of aryl methyl sites for hydroxylation is 2. The Bertz CT molecular complexity index is 854. The number of aromatic nitrogens is 4. The highest BCUT2D eigenvalue weighted by atomic mass is 127. The van der Waals surface area contributed by atoms with Crippen molar-refractivity contribution in [2.45, 2.75) is 33.9 Å². The third-order valence-corrected chi connectivity index (χ3v) is 4.93. The minimum atomic E-state index is 0. The molecule has 1 aromatic carbocycles. The van der Waals surface area contributed by atoms with Crippen LogP contribution in [0.3, 0.4) is 0 Å². The second-order valence-corrected chi connectivity index (χ2v) is 7.12. The Kier molecular flexibility index (Phi) is 8.17. The zero-order valence-electron chi connectivity index (χ0n) is 15.6. The molecule has 2 heterocycles. The van der Waals surface area contributed by atoms with Gasteiger partial charge in [-0.15, -0.1) is 35.3 Å². The molecule has 0 fully saturated rings. The Labute approximate surface area is 180 Å². The number of nitrogens with zero attached hydrogens (tertiary/aromatic N) is 4. The Balaban J connectivity index is 0.00000261. The number of benzene rings is 1. The number of hydrogen-bond donors (Lipinski definition) is 3. The van der Waals surface area contributed by atoms with Crippen LogP contribution in [0.25, 0.3) is 11.4 Å². The van der Waals surface area contributed by atoms with Gasteiger partial charge in [0.05, 0.1) is 18.8 Å². The number of H-pyrrole nitrogens is 1. The molecule has 2 aromatic heterocycles. The first-order valence-corrected chi connectivity index (χ1v) is 9.37. The number of rotatable bonds is 6. The van der Waals surface area contributed by atoms with E-state index in [1.165, 1.54) is 11.2 Å². The van der Waals surface area contributed by atoms with E-state index in [4.69, 9.17) is 0 Å². The van der Waals surface area contributed by atoms with Crippen LogP contribution in [-0.2, 0) is 13.1 Å². The molecule has 0 amide bonds. The van der Waals surface area contributed by atoms with Crippen molar-refractivity contribution in [3.63, 3.8) is 0 Å². The van der Waals surface area contributed by atoms with E-state index in [0.717, 1.165) is 40.2 Å². The van der Waals surface area contributed by atoms with Crippen LogP contribution in [0.2, 0.25) is 0 Å². The van der Waals surface area contributed by atoms with Crippen molar-refractivity contribution in [2.75, 3.05) is 6.54 Å². The number of nitrogens with one attached hydrogen (secondary N) is 3. The summed E-state index contributed by atoms with van der Waals surface area (Å²) in [6.07, 6.45) is 1.51. The number of guanidine groups is 1. The number of hydrogen-bond acceptors (Lipinski definition) is 5. The highest BCUT2D eigenvalue weighted by Gasteiger charge is 2.05. The van der Waals surface area contributed by atoms with Crippen LogP contribution in [0.4, 0.5) is 0 Å². The van der Waals surface area contributed by atoms with E-state index in [-0.39, 0.29) is 24.0 Å². The van der Waals surface area contributed by atoms with E-state index in [9.17, 15) is 0 Å². The molecule has 3 rings (SSSR count). The fraction of sp³-hybridized carbons (Fsp3) is 0.333. The lowest BCUT2D eigenvalue weighted by molar-refractivity contribution is 0.809. The highest BCUT2D eigenvalue weighted by molar-refractivity contribution is 14.0. The predicted octanol–water partition coefficient (Wildman–Crippen LogP) is 3.42. The first-order valence-electron chi connectivity index (χ1n) is 8.55. The average molecular weight is 497 g/mol. The van der Waals surface area contributed by atoms with Crippen molar-refractivity contribution < 1.29 is 0 Å². The summed E-state index contributed by atoms with van der Waals surface area (Å²) in [5, 5.41) is 14.5. The van der Waals surface area contributed by atoms with Crippen LogP contribution in [0.1, 0.15) is 28.1 Å². The number of thiazole rings is 1. The van der Waals surface area contributed by atoms with Crippen molar-refractivity contribution in [3.8, 4) is 11.4 Å². The van der Waals surface area contributed by atoms with Gasteiger partial charge in [-0.05, 0) is 32.4 Å². The van der Waals surface area contributed by atoms with E-state index in [1.54, 1.807) is 11.3 Å². The van der Waals surface area contributed by atoms with Crippen LogP contribution < -0.4 is 10.6 Å². The lowest BCUT2D eigenvalue weighted by Crippen LogP contribution is -2.36. The van der Waals surface area contributed by atoms with Crippen LogP contribution >= 0.6 is 35.3 Å². The quantitative estimate of drug-likeness (QED) is 0.276. The van der Waals surface area contributed by atoms with E-state index in [2.05, 4.69) is 61.8 Å². The molecule has 3 aromatic rings. The summed E-state index contributed by atoms with van der Waals surface area (Å²) >= 11 is 1.72. The molecule has 9 heteroatoms. The van der Waals surface area contributed by atoms with Gasteiger partial charge in [-0.1, -0.05) is 18.2 Å². The molecule has 144 valence electrons. The molecule has 0 aliphatic carbocycles. The fourth-order valence-corrected chi connectivity index (χ4v) is 3.32. The van der Waals surface area contributed by atoms with Gasteiger partial charge in [0.15, 0.2) is 11.8 Å². The van der Waals surface area contributed by atoms with Gasteiger partial charge in [-0.25, -0.2) is 15.0 Å². The number of halogens is 1. The van der Waals surface area contributed by atoms with E-state index in [0.29, 0.717) is 13.1 Å². The van der Waals surface area contributed by atoms with Gasteiger partial charge in [-0.3, -0.25) is 5.10 Å². The minimum Gasteiger partial charge on any atom is -0.357 e. The lowest BCUT2D eigenvalue weighted by Gasteiger charge is -2.10. The lowest BCUT2D eigenvalue weighted by atomic mass is 10.1. The molecule has 0 saturated heterocycles. The van der Waals surface area contributed by atoms with Crippen molar-refractivity contribution >= 4 is 41.3 Å². The maximum atomic E-state index is 4.68. The molecule has 0 atom stereocenters. The molecular weight excluding hydrogens is 473 g/mol. The second-order valence-electron chi connectivity index (χ2n) is 5.83. The maximum Gasteiger partial charge on any atom is 0.191 e. The fourth-order valence-electron chi connectivity index (χ4n) is 2.45. The van der Waals surface area contributed by atoms with Crippen LogP contribution in [-0.4, -0.2) is 32.7 Å². The van der Waals surface area contributed by atoms with Gasteiger partial charge in [0.2, 0.25) is 0 Å². The molecule has 0 aliphatic heterocycles. The monoisotopic (exact) mass is 497 g/mol. The largest absolute Gasteiger partial charge is 0.357 e. The average Bonchev–Trinajstić information content (AvgIpc) is 3.28. The summed E-state index contributed by atoms with van der Waals surface area (Å²) in [7, 11) is 0. The first-order chi connectivity index (χ1) is 12.7. The Morgan fingerprint density at radius 2 is 2.11 bits per heavy atom. The summed E-state index contributed by atoms with van der Waals surface area (Å²) in [6.45, 7) is 8.24. The van der Waals surface area contributed by atoms with E-state index in [1.807, 2.05) is 19.1 Å². The number of aromatic amines is 1. The van der Waals surface area contributed by atoms with Crippen LogP contribution in [0, 0.1) is 13.8 Å². The summed E-state index contributed by atoms with van der Waals surface area (Å²) in [5.74, 6) is 1.54. The topological polar surface area (TPSA) is 90.9 Å². The summed E-state index contributed by atoms with van der Waals surface area (Å²) in [5.41, 5.74) is 3.21. The SMILES string of the molecule is CCNC(=NCc1cccc(-c2ncn[nH]2)c1)NCc1nc(C)c(C)s1.I. The van der Waals surface area contributed by atoms with Crippen LogP contribution in [0.5, 0.6) is 0 Å². The van der Waals surface area contributed by atoms with Gasteiger partial charge in [0, 0.05) is 17.0 Å². The van der Waals surface area contributed by atoms with Gasteiger partial charge in [-0.2, -0.15) is 5.10 Å². The van der Waals surface area contributed by atoms with Crippen molar-refractivity contribution in [1.82, 2.24) is 30.8 Å². The molecule has 7 nitrogen and oxygen atoms in total. The molecule has 27 heavy (non-hydrogen) atoms. The molecule has 0 bridgehead atoms. The van der Waals surface area contributed by atoms with Crippen molar-refractivity contribution in [1.29, 1.82) is 0 Å². The predicted molar refractivity (Wildman–Crippen MR) is 120 cm³/mol. The molecule has 0 unspecified atom stereocenters. The van der Waals surface area contributed by atoms with E-state index >= 15 is 0 Å². The molecule has 0 saturated carbocycles. The summed E-state index contributed by atoms with van der Waals surface area (Å²) in [4.78, 5) is 14.7. The minimum absolute atomic E-state index is 0. The Hall–Kier alpha value is -2.01. The Morgan fingerprint density at radius 1 is 1.26 bits per heavy atom. The zero-order chi connectivity index (χ0) is 18.4. The van der Waals surface area contributed by atoms with Gasteiger partial charge in [0.1, 0.15) is 11.3 Å². The van der Waals surface area contributed by atoms with Gasteiger partial charge >= 0.3 is 0 Å². The summed E-state index contributed by atoms with van der Waals surface area (Å²) in [6, 6.07) is 8.14. The van der Waals surface area contributed by atoms with Crippen LogP contribution in [0.15, 0.2) is 35.6 Å². The van der Waals surface area contributed by atoms with E-state index < -0.39 is 0 Å². The van der Waals surface area contributed by atoms with Gasteiger partial charge < -0.3 is 10.6 Å². The molecule has 0 spiro atoms. The molecule has 0 radical (unpaired) electrons. The Morgan fingerprint density at radius 3 is 2.78 bits per heavy atom. The summed E-state index contributed by atoms with van der Waals surface area (Å²) < 4.78 is 0. The zero-order valence-corrected chi connectivity index (χ0v) is 18.8. The smallest absolute Gasteiger partial charge is 0.191 e. The van der Waals surface area contributed by atoms with Crippen molar-refractivity contribution in [2.24, 2.45) is 4.99 Å².